The second-order valence-electron chi connectivity index (χ2n) is 11.2. The van der Waals surface area contributed by atoms with E-state index in [0.29, 0.717) is 17.1 Å². The van der Waals surface area contributed by atoms with Gasteiger partial charge in [-0.15, -0.1) is 5.10 Å². The van der Waals surface area contributed by atoms with Crippen molar-refractivity contribution in [1.82, 2.24) is 29.9 Å². The summed E-state index contributed by atoms with van der Waals surface area (Å²) >= 11 is 0. The Labute approximate surface area is 199 Å². The van der Waals surface area contributed by atoms with Gasteiger partial charge in [-0.1, -0.05) is 22.9 Å². The summed E-state index contributed by atoms with van der Waals surface area (Å²) in [6, 6.07) is 8.18. The monoisotopic (exact) mass is 457 g/mol. The van der Waals surface area contributed by atoms with Crippen molar-refractivity contribution >= 4 is 22.9 Å². The first-order valence-electron chi connectivity index (χ1n) is 12.8. The molecule has 3 heterocycles. The van der Waals surface area contributed by atoms with E-state index in [-0.39, 0.29) is 5.41 Å². The second-order valence-corrected chi connectivity index (χ2v) is 11.2. The van der Waals surface area contributed by atoms with Crippen LogP contribution in [0.4, 0.5) is 5.82 Å². The quantitative estimate of drug-likeness (QED) is 0.600. The van der Waals surface area contributed by atoms with E-state index in [0.717, 1.165) is 74.7 Å². The van der Waals surface area contributed by atoms with Gasteiger partial charge in [0.1, 0.15) is 6.33 Å². The number of hydrogen-bond donors (Lipinski definition) is 0. The molecule has 8 heteroatoms. The molecule has 4 aliphatic carbocycles. The van der Waals surface area contributed by atoms with Gasteiger partial charge in [-0.3, -0.25) is 4.79 Å². The lowest BCUT2D eigenvalue weighted by Crippen LogP contribution is -2.58. The summed E-state index contributed by atoms with van der Waals surface area (Å²) in [4.78, 5) is 27.2. The van der Waals surface area contributed by atoms with E-state index >= 15 is 0 Å². The molecule has 2 aromatic heterocycles. The molecular weight excluding hydrogens is 426 g/mol. The number of benzene rings is 1. The van der Waals surface area contributed by atoms with E-state index in [2.05, 4.69) is 49.1 Å². The molecule has 0 atom stereocenters. The smallest absolute Gasteiger partial charge is 0.228 e. The Kier molecular flexibility index (Phi) is 4.48. The Balaban J connectivity index is 1.10. The van der Waals surface area contributed by atoms with Gasteiger partial charge in [0.05, 0.1) is 11.1 Å². The number of aromatic nitrogens is 5. The molecule has 0 spiro atoms. The SMILES string of the molecule is Cc1ccc(-n2nnc3c(N4CCN(C(=O)C56CC7CC(CC(C7)C5)C6)CC4)ncnc32)cc1. The minimum Gasteiger partial charge on any atom is -0.351 e. The molecule has 1 aromatic carbocycles. The second kappa shape index (κ2) is 7.48. The lowest BCUT2D eigenvalue weighted by atomic mass is 9.49. The summed E-state index contributed by atoms with van der Waals surface area (Å²) < 4.78 is 1.77. The van der Waals surface area contributed by atoms with Crippen LogP contribution >= 0.6 is 0 Å². The summed E-state index contributed by atoms with van der Waals surface area (Å²) in [5.41, 5.74) is 3.49. The molecule has 1 aliphatic heterocycles. The minimum atomic E-state index is -0.0597. The van der Waals surface area contributed by atoms with Crippen molar-refractivity contribution in [1.29, 1.82) is 0 Å². The third-order valence-corrected chi connectivity index (χ3v) is 8.86. The first kappa shape index (κ1) is 20.4. The van der Waals surface area contributed by atoms with Crippen LogP contribution in [-0.4, -0.2) is 61.9 Å². The molecule has 4 bridgehead atoms. The van der Waals surface area contributed by atoms with E-state index in [4.69, 9.17) is 0 Å². The Morgan fingerprint density at radius 2 is 1.56 bits per heavy atom. The topological polar surface area (TPSA) is 80.0 Å². The number of rotatable bonds is 3. The molecule has 5 fully saturated rings. The van der Waals surface area contributed by atoms with Gasteiger partial charge in [-0.2, -0.15) is 4.68 Å². The molecule has 0 unspecified atom stereocenters. The average Bonchev–Trinajstić information content (AvgIpc) is 3.28. The first-order valence-corrected chi connectivity index (χ1v) is 12.8. The Morgan fingerprint density at radius 1 is 0.912 bits per heavy atom. The maximum absolute atomic E-state index is 13.7. The van der Waals surface area contributed by atoms with Gasteiger partial charge in [0.25, 0.3) is 0 Å². The fraction of sp³-hybridized carbons (Fsp3) is 0.577. The number of aryl methyl sites for hydroxylation is 1. The molecule has 34 heavy (non-hydrogen) atoms. The van der Waals surface area contributed by atoms with Gasteiger partial charge in [0, 0.05) is 26.2 Å². The molecular formula is C26H31N7O. The van der Waals surface area contributed by atoms with Crippen molar-refractivity contribution < 1.29 is 4.79 Å². The highest BCUT2D eigenvalue weighted by Crippen LogP contribution is 2.60. The predicted molar refractivity (Wildman–Crippen MR) is 129 cm³/mol. The summed E-state index contributed by atoms with van der Waals surface area (Å²) in [5, 5.41) is 8.81. The van der Waals surface area contributed by atoms with Crippen LogP contribution in [0.1, 0.15) is 44.1 Å². The van der Waals surface area contributed by atoms with Crippen LogP contribution in [0.15, 0.2) is 30.6 Å². The number of fused-ring (bicyclic) bond motifs is 1. The number of carbonyl (C=O) groups is 1. The van der Waals surface area contributed by atoms with Gasteiger partial charge < -0.3 is 9.80 Å². The predicted octanol–water partition coefficient (Wildman–Crippen LogP) is 3.38. The summed E-state index contributed by atoms with van der Waals surface area (Å²) in [5.74, 6) is 3.63. The van der Waals surface area contributed by atoms with E-state index in [1.165, 1.54) is 24.8 Å². The molecule has 1 amide bonds. The van der Waals surface area contributed by atoms with Crippen LogP contribution in [-0.2, 0) is 4.79 Å². The Bertz CT molecular complexity index is 1210. The van der Waals surface area contributed by atoms with Gasteiger partial charge in [-0.25, -0.2) is 9.97 Å². The number of piperazine rings is 1. The summed E-state index contributed by atoms with van der Waals surface area (Å²) in [6.07, 6.45) is 9.10. The van der Waals surface area contributed by atoms with E-state index in [9.17, 15) is 4.79 Å². The normalized spacial score (nSPS) is 30.3. The van der Waals surface area contributed by atoms with Crippen LogP contribution in [0.2, 0.25) is 0 Å². The number of nitrogens with zero attached hydrogens (tertiary/aromatic N) is 7. The molecule has 8 rings (SSSR count). The minimum absolute atomic E-state index is 0.0597. The molecule has 5 aliphatic rings. The number of carbonyl (C=O) groups excluding carboxylic acids is 1. The number of amides is 1. The van der Waals surface area contributed by atoms with Crippen molar-refractivity contribution in [2.75, 3.05) is 31.1 Å². The standard InChI is InChI=1S/C26H31N7O/c1-17-2-4-21(5-3-17)33-24-22(29-30-33)23(27-16-28-24)31-6-8-32(9-7-31)25(34)26-13-18-10-19(14-26)12-20(11-18)15-26/h2-5,16,18-20H,6-15H2,1H3. The molecule has 0 radical (unpaired) electrons. The van der Waals surface area contributed by atoms with Crippen molar-refractivity contribution in [3.05, 3.63) is 36.2 Å². The number of anilines is 1. The Morgan fingerprint density at radius 3 is 2.21 bits per heavy atom. The summed E-state index contributed by atoms with van der Waals surface area (Å²) in [7, 11) is 0. The highest BCUT2D eigenvalue weighted by Gasteiger charge is 2.55. The average molecular weight is 458 g/mol. The summed E-state index contributed by atoms with van der Waals surface area (Å²) in [6.45, 7) is 5.09. The lowest BCUT2D eigenvalue weighted by molar-refractivity contribution is -0.158. The molecule has 0 N–H and O–H groups in total. The van der Waals surface area contributed by atoms with E-state index in [1.54, 1.807) is 11.0 Å². The maximum atomic E-state index is 13.7. The largest absolute Gasteiger partial charge is 0.351 e. The maximum Gasteiger partial charge on any atom is 0.228 e. The van der Waals surface area contributed by atoms with Crippen molar-refractivity contribution in [3.8, 4) is 5.69 Å². The highest BCUT2D eigenvalue weighted by atomic mass is 16.2. The fourth-order valence-electron chi connectivity index (χ4n) is 7.66. The molecule has 8 nitrogen and oxygen atoms in total. The van der Waals surface area contributed by atoms with Gasteiger partial charge in [0.2, 0.25) is 5.91 Å². The van der Waals surface area contributed by atoms with E-state index < -0.39 is 0 Å². The first-order chi connectivity index (χ1) is 16.6. The zero-order valence-corrected chi connectivity index (χ0v) is 19.7. The number of hydrogen-bond acceptors (Lipinski definition) is 6. The van der Waals surface area contributed by atoms with Crippen LogP contribution < -0.4 is 4.90 Å². The molecule has 1 saturated heterocycles. The van der Waals surface area contributed by atoms with Crippen LogP contribution in [0.25, 0.3) is 16.9 Å². The van der Waals surface area contributed by atoms with Crippen molar-refractivity contribution in [2.24, 2.45) is 23.2 Å². The van der Waals surface area contributed by atoms with E-state index in [1.807, 2.05) is 12.1 Å². The highest BCUT2D eigenvalue weighted by molar-refractivity contribution is 5.85. The molecule has 176 valence electrons. The lowest BCUT2D eigenvalue weighted by Gasteiger charge is -2.57. The van der Waals surface area contributed by atoms with Crippen LogP contribution in [0.5, 0.6) is 0 Å². The zero-order chi connectivity index (χ0) is 22.9. The fourth-order valence-corrected chi connectivity index (χ4v) is 7.66. The van der Waals surface area contributed by atoms with Crippen LogP contribution in [0, 0.1) is 30.1 Å². The third-order valence-electron chi connectivity index (χ3n) is 8.86. The van der Waals surface area contributed by atoms with Gasteiger partial charge >= 0.3 is 0 Å². The van der Waals surface area contributed by atoms with Crippen LogP contribution in [0.3, 0.4) is 0 Å². The van der Waals surface area contributed by atoms with Gasteiger partial charge in [-0.05, 0) is 75.3 Å². The third kappa shape index (κ3) is 3.14. The van der Waals surface area contributed by atoms with Gasteiger partial charge in [0.15, 0.2) is 17.0 Å². The molecule has 3 aromatic rings. The molecule has 4 saturated carbocycles. The van der Waals surface area contributed by atoms with Crippen molar-refractivity contribution in [3.63, 3.8) is 0 Å². The Hall–Kier alpha value is -3.03. The van der Waals surface area contributed by atoms with Crippen molar-refractivity contribution in [2.45, 2.75) is 45.4 Å². The zero-order valence-electron chi connectivity index (χ0n) is 19.7.